The number of piperazine rings is 1. The van der Waals surface area contributed by atoms with Gasteiger partial charge < -0.3 is 15.5 Å². The normalized spacial score (nSPS) is 14.3. The number of anilines is 2. The molecule has 4 rings (SSSR count). The van der Waals surface area contributed by atoms with Crippen LogP contribution in [-0.4, -0.2) is 64.4 Å². The van der Waals surface area contributed by atoms with Crippen molar-refractivity contribution in [3.63, 3.8) is 0 Å². The van der Waals surface area contributed by atoms with Crippen molar-refractivity contribution in [1.29, 1.82) is 0 Å². The molecule has 3 aromatic carbocycles. The zero-order chi connectivity index (χ0) is 26.4. The molecule has 194 valence electrons. The Morgan fingerprint density at radius 2 is 1.57 bits per heavy atom. The van der Waals surface area contributed by atoms with Gasteiger partial charge in [0.05, 0.1) is 15.5 Å². The van der Waals surface area contributed by atoms with Crippen LogP contribution >= 0.6 is 0 Å². The van der Waals surface area contributed by atoms with Crippen molar-refractivity contribution in [3.05, 3.63) is 83.9 Å². The van der Waals surface area contributed by atoms with Gasteiger partial charge in [-0.2, -0.15) is 0 Å². The maximum absolute atomic E-state index is 13.2. The second-order valence-electron chi connectivity index (χ2n) is 9.13. The van der Waals surface area contributed by atoms with Crippen LogP contribution in [0.15, 0.2) is 82.6 Å². The Bertz CT molecular complexity index is 1350. The third-order valence-corrected chi connectivity index (χ3v) is 8.21. The number of nitrogens with one attached hydrogen (secondary N) is 2. The highest BCUT2D eigenvalue weighted by Crippen LogP contribution is 2.29. The van der Waals surface area contributed by atoms with E-state index in [0.717, 1.165) is 31.7 Å². The molecule has 0 saturated carbocycles. The highest BCUT2D eigenvalue weighted by atomic mass is 32.2. The van der Waals surface area contributed by atoms with Crippen molar-refractivity contribution < 1.29 is 18.0 Å². The quantitative estimate of drug-likeness (QED) is 0.473. The molecule has 0 aromatic heterocycles. The van der Waals surface area contributed by atoms with E-state index >= 15 is 0 Å². The van der Waals surface area contributed by atoms with E-state index in [1.165, 1.54) is 42.9 Å². The molecular formula is C28H32N4O4S. The number of sulfone groups is 1. The van der Waals surface area contributed by atoms with Crippen molar-refractivity contribution in [2.24, 2.45) is 0 Å². The molecule has 1 aliphatic heterocycles. The van der Waals surface area contributed by atoms with Gasteiger partial charge in [0.2, 0.25) is 15.7 Å². The predicted molar refractivity (Wildman–Crippen MR) is 145 cm³/mol. The topological polar surface area (TPSA) is 98.8 Å². The molecule has 1 aliphatic rings. The lowest BCUT2D eigenvalue weighted by Gasteiger charge is -2.36. The van der Waals surface area contributed by atoms with Crippen LogP contribution in [0.2, 0.25) is 0 Å². The van der Waals surface area contributed by atoms with E-state index in [4.69, 9.17) is 0 Å². The lowest BCUT2D eigenvalue weighted by Crippen LogP contribution is -2.48. The zero-order valence-corrected chi connectivity index (χ0v) is 21.9. The van der Waals surface area contributed by atoms with Crippen molar-refractivity contribution >= 4 is 33.0 Å². The van der Waals surface area contributed by atoms with Crippen LogP contribution in [0, 0.1) is 6.92 Å². The standard InChI is InChI=1S/C28H32N4O4S/c1-21-8-11-25(12-9-21)37(35,36)27-13-10-23(20-26(27)30-22(2)33)28(34)29-14-15-31-16-18-32(19-17-31)24-6-4-3-5-7-24/h3-13,20H,14-19H2,1-2H3,(H,29,34)(H,30,33). The first-order valence-corrected chi connectivity index (χ1v) is 13.8. The number of aryl methyl sites for hydroxylation is 1. The van der Waals surface area contributed by atoms with E-state index in [1.54, 1.807) is 12.1 Å². The van der Waals surface area contributed by atoms with E-state index in [1.807, 2.05) is 25.1 Å². The molecule has 3 aromatic rings. The second-order valence-corrected chi connectivity index (χ2v) is 11.0. The van der Waals surface area contributed by atoms with Crippen molar-refractivity contribution in [2.45, 2.75) is 23.6 Å². The van der Waals surface area contributed by atoms with Crippen LogP contribution in [-0.2, 0) is 14.6 Å². The largest absolute Gasteiger partial charge is 0.369 e. The van der Waals surface area contributed by atoms with Crippen LogP contribution in [0.25, 0.3) is 0 Å². The maximum atomic E-state index is 13.2. The Kier molecular flexibility index (Phi) is 8.25. The Labute approximate surface area is 218 Å². The SMILES string of the molecule is CC(=O)Nc1cc(C(=O)NCCN2CCN(c3ccccc3)CC2)ccc1S(=O)(=O)c1ccc(C)cc1. The first-order chi connectivity index (χ1) is 17.7. The van der Waals surface area contributed by atoms with Crippen LogP contribution in [0.3, 0.4) is 0 Å². The van der Waals surface area contributed by atoms with E-state index in [0.29, 0.717) is 13.1 Å². The van der Waals surface area contributed by atoms with Gasteiger partial charge in [-0.15, -0.1) is 0 Å². The summed E-state index contributed by atoms with van der Waals surface area (Å²) in [7, 11) is -3.89. The summed E-state index contributed by atoms with van der Waals surface area (Å²) in [6.07, 6.45) is 0. The predicted octanol–water partition coefficient (Wildman–Crippen LogP) is 3.34. The zero-order valence-electron chi connectivity index (χ0n) is 21.1. The number of hydrogen-bond acceptors (Lipinski definition) is 6. The lowest BCUT2D eigenvalue weighted by molar-refractivity contribution is -0.114. The van der Waals surface area contributed by atoms with E-state index in [-0.39, 0.29) is 26.9 Å². The first-order valence-electron chi connectivity index (χ1n) is 12.3. The molecule has 2 amide bonds. The Morgan fingerprint density at radius 3 is 2.22 bits per heavy atom. The smallest absolute Gasteiger partial charge is 0.251 e. The number of carbonyl (C=O) groups excluding carboxylic acids is 2. The van der Waals surface area contributed by atoms with Gasteiger partial charge in [0.25, 0.3) is 5.91 Å². The Balaban J connectivity index is 1.38. The number of amides is 2. The highest BCUT2D eigenvalue weighted by molar-refractivity contribution is 7.91. The molecule has 0 bridgehead atoms. The molecule has 1 fully saturated rings. The highest BCUT2D eigenvalue weighted by Gasteiger charge is 2.23. The number of rotatable bonds is 8. The molecule has 0 spiro atoms. The lowest BCUT2D eigenvalue weighted by atomic mass is 10.2. The van der Waals surface area contributed by atoms with Gasteiger partial charge in [0.15, 0.2) is 0 Å². The fourth-order valence-electron chi connectivity index (χ4n) is 4.34. The van der Waals surface area contributed by atoms with Crippen LogP contribution in [0.1, 0.15) is 22.8 Å². The van der Waals surface area contributed by atoms with Gasteiger partial charge in [-0.3, -0.25) is 14.5 Å². The van der Waals surface area contributed by atoms with Gasteiger partial charge in [-0.1, -0.05) is 35.9 Å². The average Bonchev–Trinajstić information content (AvgIpc) is 2.89. The minimum absolute atomic E-state index is 0.0561. The number of benzene rings is 3. The third kappa shape index (κ3) is 6.55. The molecule has 8 nitrogen and oxygen atoms in total. The number of carbonyl (C=O) groups is 2. The summed E-state index contributed by atoms with van der Waals surface area (Å²) < 4.78 is 26.5. The van der Waals surface area contributed by atoms with Crippen molar-refractivity contribution in [2.75, 3.05) is 49.5 Å². The minimum atomic E-state index is -3.89. The minimum Gasteiger partial charge on any atom is -0.369 e. The number of para-hydroxylation sites is 1. The summed E-state index contributed by atoms with van der Waals surface area (Å²) in [5.41, 5.74) is 2.52. The average molecular weight is 521 g/mol. The molecule has 0 unspecified atom stereocenters. The fraction of sp³-hybridized carbons (Fsp3) is 0.286. The third-order valence-electron chi connectivity index (χ3n) is 6.38. The monoisotopic (exact) mass is 520 g/mol. The molecule has 0 radical (unpaired) electrons. The van der Waals surface area contributed by atoms with Crippen LogP contribution < -0.4 is 15.5 Å². The maximum Gasteiger partial charge on any atom is 0.251 e. The molecule has 0 aliphatic carbocycles. The van der Waals surface area contributed by atoms with Gasteiger partial charge in [0, 0.05) is 57.4 Å². The summed E-state index contributed by atoms with van der Waals surface area (Å²) in [5.74, 6) is -0.749. The number of hydrogen-bond donors (Lipinski definition) is 2. The summed E-state index contributed by atoms with van der Waals surface area (Å²) in [6.45, 7) is 8.01. The molecule has 2 N–H and O–H groups in total. The molecule has 37 heavy (non-hydrogen) atoms. The first kappa shape index (κ1) is 26.4. The van der Waals surface area contributed by atoms with Gasteiger partial charge in [0.1, 0.15) is 0 Å². The summed E-state index contributed by atoms with van der Waals surface area (Å²) >= 11 is 0. The molecular weight excluding hydrogens is 488 g/mol. The van der Waals surface area contributed by atoms with E-state index in [2.05, 4.69) is 32.6 Å². The molecule has 1 heterocycles. The Morgan fingerprint density at radius 1 is 0.892 bits per heavy atom. The van der Waals surface area contributed by atoms with Crippen LogP contribution in [0.4, 0.5) is 11.4 Å². The summed E-state index contributed by atoms with van der Waals surface area (Å²) in [4.78, 5) is 29.4. The Hall–Kier alpha value is -3.69. The molecule has 9 heteroatoms. The molecule has 0 atom stereocenters. The van der Waals surface area contributed by atoms with E-state index < -0.39 is 15.7 Å². The summed E-state index contributed by atoms with van der Waals surface area (Å²) in [5, 5.41) is 5.48. The van der Waals surface area contributed by atoms with Gasteiger partial charge >= 0.3 is 0 Å². The summed E-state index contributed by atoms with van der Waals surface area (Å²) in [6, 6.07) is 21.1. The molecule has 1 saturated heterocycles. The van der Waals surface area contributed by atoms with Crippen molar-refractivity contribution in [3.8, 4) is 0 Å². The van der Waals surface area contributed by atoms with E-state index in [9.17, 15) is 18.0 Å². The van der Waals surface area contributed by atoms with Gasteiger partial charge in [-0.25, -0.2) is 8.42 Å². The second kappa shape index (κ2) is 11.6. The van der Waals surface area contributed by atoms with Gasteiger partial charge in [-0.05, 0) is 49.4 Å². The number of nitrogens with zero attached hydrogens (tertiary/aromatic N) is 2. The van der Waals surface area contributed by atoms with Crippen LogP contribution in [0.5, 0.6) is 0 Å². The fourth-order valence-corrected chi connectivity index (χ4v) is 5.73. The van der Waals surface area contributed by atoms with Crippen molar-refractivity contribution in [1.82, 2.24) is 10.2 Å².